The first-order chi connectivity index (χ1) is 8.10. The molecule has 0 radical (unpaired) electrons. The van der Waals surface area contributed by atoms with Gasteiger partial charge in [-0.25, -0.2) is 0 Å². The van der Waals surface area contributed by atoms with Gasteiger partial charge in [0, 0.05) is 0 Å². The van der Waals surface area contributed by atoms with E-state index in [2.05, 4.69) is 0 Å². The van der Waals surface area contributed by atoms with Crippen molar-refractivity contribution in [2.75, 3.05) is 7.11 Å². The maximum absolute atomic E-state index is 11.7. The van der Waals surface area contributed by atoms with Crippen LogP contribution in [0.5, 0.6) is 0 Å². The van der Waals surface area contributed by atoms with Gasteiger partial charge < -0.3 is 9.47 Å². The largest absolute Gasteiger partial charge is 0.469 e. The Morgan fingerprint density at radius 3 is 2.53 bits per heavy atom. The monoisotopic (exact) mass is 242 g/mol. The molecule has 1 aliphatic rings. The van der Waals surface area contributed by atoms with E-state index in [0.717, 1.165) is 32.1 Å². The van der Waals surface area contributed by atoms with Crippen molar-refractivity contribution < 1.29 is 19.1 Å². The van der Waals surface area contributed by atoms with Gasteiger partial charge in [0.2, 0.25) is 0 Å². The molecule has 4 heteroatoms. The lowest BCUT2D eigenvalue weighted by atomic mass is 9.86. The molecule has 0 aromatic heterocycles. The van der Waals surface area contributed by atoms with Crippen molar-refractivity contribution in [3.63, 3.8) is 0 Å². The highest BCUT2D eigenvalue weighted by Crippen LogP contribution is 2.28. The molecule has 0 saturated heterocycles. The first-order valence-corrected chi connectivity index (χ1v) is 6.38. The minimum atomic E-state index is -0.294. The van der Waals surface area contributed by atoms with Crippen LogP contribution in [0.3, 0.4) is 0 Å². The van der Waals surface area contributed by atoms with Gasteiger partial charge in [-0.05, 0) is 25.7 Å². The zero-order valence-electron chi connectivity index (χ0n) is 10.9. The highest BCUT2D eigenvalue weighted by atomic mass is 16.6. The van der Waals surface area contributed by atoms with E-state index in [1.807, 2.05) is 13.8 Å². The van der Waals surface area contributed by atoms with E-state index in [0.29, 0.717) is 0 Å². The second kappa shape index (κ2) is 6.62. The van der Waals surface area contributed by atoms with Gasteiger partial charge >= 0.3 is 11.9 Å². The number of rotatable bonds is 4. The Hall–Kier alpha value is -1.06. The number of esters is 2. The summed E-state index contributed by atoms with van der Waals surface area (Å²) in [4.78, 5) is 23.3. The summed E-state index contributed by atoms with van der Waals surface area (Å²) >= 11 is 0. The second-order valence-electron chi connectivity index (χ2n) is 4.70. The summed E-state index contributed by atoms with van der Waals surface area (Å²) in [5.74, 6) is -0.836. The quantitative estimate of drug-likeness (QED) is 0.710. The Kier molecular flexibility index (Phi) is 5.45. The fourth-order valence-electron chi connectivity index (χ4n) is 2.09. The van der Waals surface area contributed by atoms with Gasteiger partial charge in [0.15, 0.2) is 0 Å². The van der Waals surface area contributed by atoms with Gasteiger partial charge in [-0.15, -0.1) is 0 Å². The predicted molar refractivity (Wildman–Crippen MR) is 63.3 cm³/mol. The molecule has 1 aliphatic carbocycles. The van der Waals surface area contributed by atoms with E-state index < -0.39 is 0 Å². The minimum Gasteiger partial charge on any atom is -0.469 e. The fourth-order valence-corrected chi connectivity index (χ4v) is 2.09. The molecule has 0 amide bonds. The van der Waals surface area contributed by atoms with Crippen LogP contribution in [0.1, 0.15) is 46.0 Å². The van der Waals surface area contributed by atoms with Crippen LogP contribution >= 0.6 is 0 Å². The van der Waals surface area contributed by atoms with E-state index >= 15 is 0 Å². The zero-order chi connectivity index (χ0) is 12.8. The van der Waals surface area contributed by atoms with Crippen LogP contribution in [-0.2, 0) is 19.1 Å². The van der Waals surface area contributed by atoms with Crippen LogP contribution in [0.25, 0.3) is 0 Å². The molecule has 98 valence electrons. The lowest BCUT2D eigenvalue weighted by molar-refractivity contribution is -0.165. The van der Waals surface area contributed by atoms with Gasteiger partial charge in [0.1, 0.15) is 6.10 Å². The molecular weight excluding hydrogens is 220 g/mol. The maximum atomic E-state index is 11.7. The molecule has 3 atom stereocenters. The molecular formula is C13H22O4. The number of hydrogen-bond donors (Lipinski definition) is 0. The third-order valence-electron chi connectivity index (χ3n) is 3.49. The van der Waals surface area contributed by atoms with Gasteiger partial charge in [-0.2, -0.15) is 0 Å². The highest BCUT2D eigenvalue weighted by molar-refractivity contribution is 5.75. The van der Waals surface area contributed by atoms with Gasteiger partial charge in [-0.3, -0.25) is 9.59 Å². The minimum absolute atomic E-state index is 0.102. The van der Waals surface area contributed by atoms with Crippen LogP contribution in [-0.4, -0.2) is 25.2 Å². The van der Waals surface area contributed by atoms with E-state index in [4.69, 9.17) is 9.47 Å². The maximum Gasteiger partial charge on any atom is 0.312 e. The Labute approximate surface area is 103 Å². The van der Waals surface area contributed by atoms with Crippen LogP contribution in [0, 0.1) is 11.8 Å². The number of hydrogen-bond acceptors (Lipinski definition) is 4. The average Bonchev–Trinajstić information content (AvgIpc) is 2.37. The summed E-state index contributed by atoms with van der Waals surface area (Å²) in [6.07, 6.45) is 3.99. The number of ether oxygens (including phenoxy) is 2. The van der Waals surface area contributed by atoms with Crippen molar-refractivity contribution in [1.82, 2.24) is 0 Å². The molecule has 0 heterocycles. The standard InChI is InChI=1S/C13H22O4/c1-4-9(2)12(14)17-11-8-6-5-7-10(11)13(15)16-3/h9-11H,4-8H2,1-3H3. The Balaban J connectivity index is 2.59. The van der Waals surface area contributed by atoms with E-state index in [1.54, 1.807) is 0 Å². The topological polar surface area (TPSA) is 52.6 Å². The van der Waals surface area contributed by atoms with Gasteiger partial charge in [0.25, 0.3) is 0 Å². The van der Waals surface area contributed by atoms with Crippen molar-refractivity contribution in [3.05, 3.63) is 0 Å². The lowest BCUT2D eigenvalue weighted by Gasteiger charge is -2.29. The molecule has 3 unspecified atom stereocenters. The zero-order valence-corrected chi connectivity index (χ0v) is 10.9. The Morgan fingerprint density at radius 2 is 1.94 bits per heavy atom. The molecule has 17 heavy (non-hydrogen) atoms. The molecule has 0 aromatic rings. The molecule has 1 fully saturated rings. The van der Waals surface area contributed by atoms with Crippen LogP contribution in [0.15, 0.2) is 0 Å². The summed E-state index contributed by atoms with van der Waals surface area (Å²) in [5, 5.41) is 0. The summed E-state index contributed by atoms with van der Waals surface area (Å²) in [6.45, 7) is 3.79. The third-order valence-corrected chi connectivity index (χ3v) is 3.49. The lowest BCUT2D eigenvalue weighted by Crippen LogP contribution is -2.37. The summed E-state index contributed by atoms with van der Waals surface area (Å²) in [7, 11) is 1.38. The SMILES string of the molecule is CCC(C)C(=O)OC1CCCCC1C(=O)OC. The van der Waals surface area contributed by atoms with E-state index in [9.17, 15) is 9.59 Å². The van der Waals surface area contributed by atoms with Crippen LogP contribution in [0.4, 0.5) is 0 Å². The highest BCUT2D eigenvalue weighted by Gasteiger charge is 2.35. The molecule has 4 nitrogen and oxygen atoms in total. The van der Waals surface area contributed by atoms with Gasteiger partial charge in [-0.1, -0.05) is 20.3 Å². The molecule has 0 spiro atoms. The van der Waals surface area contributed by atoms with Crippen molar-refractivity contribution in [2.45, 2.75) is 52.1 Å². The average molecular weight is 242 g/mol. The Morgan fingerprint density at radius 1 is 1.29 bits per heavy atom. The van der Waals surface area contributed by atoms with Crippen molar-refractivity contribution in [2.24, 2.45) is 11.8 Å². The smallest absolute Gasteiger partial charge is 0.312 e. The van der Waals surface area contributed by atoms with E-state index in [-0.39, 0.29) is 29.9 Å². The van der Waals surface area contributed by atoms with Gasteiger partial charge in [0.05, 0.1) is 18.9 Å². The first-order valence-electron chi connectivity index (χ1n) is 6.38. The second-order valence-corrected chi connectivity index (χ2v) is 4.70. The fraction of sp³-hybridized carbons (Fsp3) is 0.846. The molecule has 0 aliphatic heterocycles. The van der Waals surface area contributed by atoms with Crippen molar-refractivity contribution in [3.8, 4) is 0 Å². The molecule has 1 saturated carbocycles. The number of methoxy groups -OCH3 is 1. The van der Waals surface area contributed by atoms with Crippen molar-refractivity contribution in [1.29, 1.82) is 0 Å². The summed E-state index contributed by atoms with van der Waals surface area (Å²) in [5.41, 5.74) is 0. The van der Waals surface area contributed by atoms with Crippen LogP contribution < -0.4 is 0 Å². The third kappa shape index (κ3) is 3.72. The van der Waals surface area contributed by atoms with Crippen molar-refractivity contribution >= 4 is 11.9 Å². The predicted octanol–water partition coefficient (Wildman–Crippen LogP) is 2.31. The number of carbonyl (C=O) groups excluding carboxylic acids is 2. The molecule has 0 bridgehead atoms. The molecule has 0 N–H and O–H groups in total. The summed E-state index contributed by atoms with van der Waals surface area (Å²) < 4.78 is 10.2. The Bertz CT molecular complexity index is 275. The summed E-state index contributed by atoms with van der Waals surface area (Å²) in [6, 6.07) is 0. The molecule has 1 rings (SSSR count). The first kappa shape index (κ1) is 14.0. The normalized spacial score (nSPS) is 26.1. The van der Waals surface area contributed by atoms with Crippen LogP contribution in [0.2, 0.25) is 0 Å². The number of carbonyl (C=O) groups is 2. The molecule has 0 aromatic carbocycles. The van der Waals surface area contributed by atoms with E-state index in [1.165, 1.54) is 7.11 Å².